The summed E-state index contributed by atoms with van der Waals surface area (Å²) in [4.78, 5) is 11.9. The van der Waals surface area contributed by atoms with Gasteiger partial charge in [-0.25, -0.2) is 8.78 Å². The van der Waals surface area contributed by atoms with Gasteiger partial charge in [-0.15, -0.1) is 0 Å². The fraction of sp³-hybridized carbons (Fsp3) is 0.462. The van der Waals surface area contributed by atoms with Crippen LogP contribution in [-0.2, 0) is 9.53 Å². The lowest BCUT2D eigenvalue weighted by Gasteiger charge is -2.26. The molecule has 0 bridgehead atoms. The Bertz CT molecular complexity index is 462. The van der Waals surface area contributed by atoms with Crippen LogP contribution in [0.1, 0.15) is 12.8 Å². The molecule has 1 aliphatic rings. The third-order valence-electron chi connectivity index (χ3n) is 3.29. The van der Waals surface area contributed by atoms with Gasteiger partial charge in [0.05, 0.1) is 11.7 Å². The predicted octanol–water partition coefficient (Wildman–Crippen LogP) is 1.66. The molecule has 1 aromatic carbocycles. The first-order chi connectivity index (χ1) is 9.09. The highest BCUT2D eigenvalue weighted by Gasteiger charge is 2.27. The van der Waals surface area contributed by atoms with Gasteiger partial charge in [0.1, 0.15) is 0 Å². The summed E-state index contributed by atoms with van der Waals surface area (Å²) < 4.78 is 31.6. The van der Waals surface area contributed by atoms with Crippen molar-refractivity contribution in [2.45, 2.75) is 18.9 Å². The Labute approximate surface area is 109 Å². The zero-order chi connectivity index (χ0) is 13.8. The zero-order valence-corrected chi connectivity index (χ0v) is 10.4. The van der Waals surface area contributed by atoms with Crippen molar-refractivity contribution >= 4 is 11.6 Å². The highest BCUT2D eigenvalue weighted by molar-refractivity contribution is 5.95. The largest absolute Gasteiger partial charge is 0.381 e. The average molecular weight is 270 g/mol. The number of halogens is 2. The molecule has 1 saturated heterocycles. The van der Waals surface area contributed by atoms with Crippen molar-refractivity contribution < 1.29 is 18.3 Å². The molecule has 1 amide bonds. The number of amides is 1. The summed E-state index contributed by atoms with van der Waals surface area (Å²) in [6.45, 7) is 1.14. The molecule has 1 aliphatic heterocycles. The van der Waals surface area contributed by atoms with Gasteiger partial charge in [0.2, 0.25) is 5.91 Å². The van der Waals surface area contributed by atoms with Crippen molar-refractivity contribution in [2.75, 3.05) is 18.5 Å². The number of nitrogens with two attached hydrogens (primary N) is 1. The van der Waals surface area contributed by atoms with Crippen LogP contribution in [0.2, 0.25) is 0 Å². The van der Waals surface area contributed by atoms with E-state index in [2.05, 4.69) is 5.32 Å². The number of carbonyl (C=O) groups excluding carboxylic acids is 1. The van der Waals surface area contributed by atoms with E-state index in [4.69, 9.17) is 10.5 Å². The van der Waals surface area contributed by atoms with Crippen molar-refractivity contribution in [3.63, 3.8) is 0 Å². The average Bonchev–Trinajstić information content (AvgIpc) is 2.44. The molecule has 0 aromatic heterocycles. The van der Waals surface area contributed by atoms with Crippen molar-refractivity contribution in [3.05, 3.63) is 29.8 Å². The Kier molecular flexibility index (Phi) is 4.44. The topological polar surface area (TPSA) is 64.4 Å². The van der Waals surface area contributed by atoms with E-state index in [-0.39, 0.29) is 11.6 Å². The third-order valence-corrected chi connectivity index (χ3v) is 3.29. The van der Waals surface area contributed by atoms with E-state index >= 15 is 0 Å². The molecule has 4 nitrogen and oxygen atoms in total. The van der Waals surface area contributed by atoms with Crippen LogP contribution in [0.5, 0.6) is 0 Å². The minimum atomic E-state index is -1.07. The van der Waals surface area contributed by atoms with Gasteiger partial charge in [-0.2, -0.15) is 0 Å². The molecule has 0 radical (unpaired) electrons. The van der Waals surface area contributed by atoms with Crippen LogP contribution in [0.25, 0.3) is 0 Å². The second-order valence-corrected chi connectivity index (χ2v) is 4.57. The number of carbonyl (C=O) groups is 1. The van der Waals surface area contributed by atoms with Gasteiger partial charge in [0.25, 0.3) is 0 Å². The summed E-state index contributed by atoms with van der Waals surface area (Å²) in [6, 6.07) is 2.87. The fourth-order valence-electron chi connectivity index (χ4n) is 2.11. The van der Waals surface area contributed by atoms with Crippen LogP contribution in [-0.4, -0.2) is 25.2 Å². The third kappa shape index (κ3) is 3.27. The molecule has 0 aliphatic carbocycles. The standard InChI is InChI=1S/C13H16F2N2O2/c14-9-2-1-3-10(11(9)15)17-13(18)12(16)8-4-6-19-7-5-8/h1-3,8,12H,4-7,16H2,(H,17,18). The van der Waals surface area contributed by atoms with Gasteiger partial charge < -0.3 is 15.8 Å². The highest BCUT2D eigenvalue weighted by atomic mass is 19.2. The number of rotatable bonds is 3. The van der Waals surface area contributed by atoms with Crippen LogP contribution >= 0.6 is 0 Å². The minimum absolute atomic E-state index is 0.00497. The summed E-state index contributed by atoms with van der Waals surface area (Å²) in [6.07, 6.45) is 1.39. The van der Waals surface area contributed by atoms with Gasteiger partial charge in [-0.1, -0.05) is 6.07 Å². The Morgan fingerprint density at radius 3 is 2.74 bits per heavy atom. The molecule has 104 valence electrons. The first-order valence-electron chi connectivity index (χ1n) is 6.18. The molecule has 1 atom stereocenters. The Balaban J connectivity index is 2.01. The van der Waals surface area contributed by atoms with Crippen molar-refractivity contribution in [1.29, 1.82) is 0 Å². The zero-order valence-electron chi connectivity index (χ0n) is 10.4. The normalized spacial score (nSPS) is 18.1. The summed E-state index contributed by atoms with van der Waals surface area (Å²) in [5.74, 6) is -2.57. The maximum absolute atomic E-state index is 13.4. The summed E-state index contributed by atoms with van der Waals surface area (Å²) in [7, 11) is 0. The lowest BCUT2D eigenvalue weighted by atomic mass is 9.92. The fourth-order valence-corrected chi connectivity index (χ4v) is 2.11. The SMILES string of the molecule is NC(C(=O)Nc1cccc(F)c1F)C1CCOCC1. The number of hydrogen-bond donors (Lipinski definition) is 2. The monoisotopic (exact) mass is 270 g/mol. The van der Waals surface area contributed by atoms with Crippen LogP contribution in [0.4, 0.5) is 14.5 Å². The van der Waals surface area contributed by atoms with Gasteiger partial charge in [-0.05, 0) is 30.9 Å². The van der Waals surface area contributed by atoms with E-state index in [0.717, 1.165) is 6.07 Å². The molecule has 0 saturated carbocycles. The maximum Gasteiger partial charge on any atom is 0.241 e. The predicted molar refractivity (Wildman–Crippen MR) is 66.5 cm³/mol. The van der Waals surface area contributed by atoms with Crippen LogP contribution in [0, 0.1) is 17.6 Å². The number of hydrogen-bond acceptors (Lipinski definition) is 3. The smallest absolute Gasteiger partial charge is 0.241 e. The summed E-state index contributed by atoms with van der Waals surface area (Å²) >= 11 is 0. The number of benzene rings is 1. The summed E-state index contributed by atoms with van der Waals surface area (Å²) in [5.41, 5.74) is 5.66. The van der Waals surface area contributed by atoms with E-state index in [1.54, 1.807) is 0 Å². The van der Waals surface area contributed by atoms with Gasteiger partial charge in [0.15, 0.2) is 11.6 Å². The molecule has 1 unspecified atom stereocenters. The van der Waals surface area contributed by atoms with Crippen LogP contribution < -0.4 is 11.1 Å². The number of nitrogens with one attached hydrogen (secondary N) is 1. The molecule has 1 aromatic rings. The van der Waals surface area contributed by atoms with Crippen molar-refractivity contribution in [3.8, 4) is 0 Å². The minimum Gasteiger partial charge on any atom is -0.381 e. The number of ether oxygens (including phenoxy) is 1. The second kappa shape index (κ2) is 6.08. The van der Waals surface area contributed by atoms with E-state index in [1.807, 2.05) is 0 Å². The van der Waals surface area contributed by atoms with E-state index in [0.29, 0.717) is 26.1 Å². The molecule has 19 heavy (non-hydrogen) atoms. The lowest BCUT2D eigenvalue weighted by molar-refractivity contribution is -0.119. The quantitative estimate of drug-likeness (QED) is 0.878. The van der Waals surface area contributed by atoms with Gasteiger partial charge in [0, 0.05) is 13.2 Å². The van der Waals surface area contributed by atoms with Crippen molar-refractivity contribution in [1.82, 2.24) is 0 Å². The maximum atomic E-state index is 13.4. The Hall–Kier alpha value is -1.53. The molecule has 6 heteroatoms. The molecule has 2 rings (SSSR count). The van der Waals surface area contributed by atoms with E-state index < -0.39 is 23.6 Å². The van der Waals surface area contributed by atoms with Gasteiger partial charge in [-0.3, -0.25) is 4.79 Å². The first-order valence-corrected chi connectivity index (χ1v) is 6.18. The molecular weight excluding hydrogens is 254 g/mol. The Morgan fingerprint density at radius 1 is 1.37 bits per heavy atom. The van der Waals surface area contributed by atoms with E-state index in [1.165, 1.54) is 12.1 Å². The van der Waals surface area contributed by atoms with E-state index in [9.17, 15) is 13.6 Å². The number of anilines is 1. The Morgan fingerprint density at radius 2 is 2.05 bits per heavy atom. The molecule has 0 spiro atoms. The molecule has 1 heterocycles. The van der Waals surface area contributed by atoms with Crippen LogP contribution in [0.15, 0.2) is 18.2 Å². The van der Waals surface area contributed by atoms with Gasteiger partial charge >= 0.3 is 0 Å². The highest BCUT2D eigenvalue weighted by Crippen LogP contribution is 2.20. The summed E-state index contributed by atoms with van der Waals surface area (Å²) in [5, 5.41) is 2.33. The molecular formula is C13H16F2N2O2. The molecule has 3 N–H and O–H groups in total. The van der Waals surface area contributed by atoms with Crippen LogP contribution in [0.3, 0.4) is 0 Å². The van der Waals surface area contributed by atoms with Crippen molar-refractivity contribution in [2.24, 2.45) is 11.7 Å². The lowest BCUT2D eigenvalue weighted by Crippen LogP contribution is -2.44. The first kappa shape index (κ1) is 13.9. The second-order valence-electron chi connectivity index (χ2n) is 4.57. The molecule has 1 fully saturated rings.